The zero-order valence-electron chi connectivity index (χ0n) is 26.4. The van der Waals surface area contributed by atoms with E-state index in [0.717, 1.165) is 28.9 Å². The number of benzene rings is 2. The van der Waals surface area contributed by atoms with Gasteiger partial charge in [0.25, 0.3) is 5.91 Å². The molecule has 1 N–H and O–H groups in total. The second kappa shape index (κ2) is 12.2. The number of carbonyl (C=O) groups excluding carboxylic acids is 3. The van der Waals surface area contributed by atoms with Gasteiger partial charge in [-0.25, -0.2) is 14.7 Å². The van der Waals surface area contributed by atoms with E-state index < -0.39 is 24.1 Å². The Morgan fingerprint density at radius 2 is 1.87 bits per heavy atom. The molecule has 234 valence electrons. The number of anilines is 2. The molecular formula is C35H38ClN5O4. The minimum absolute atomic E-state index is 0.0529. The van der Waals surface area contributed by atoms with Crippen LogP contribution in [0.5, 0.6) is 0 Å². The predicted molar refractivity (Wildman–Crippen MR) is 173 cm³/mol. The fourth-order valence-electron chi connectivity index (χ4n) is 6.13. The Morgan fingerprint density at radius 1 is 1.16 bits per heavy atom. The Morgan fingerprint density at radius 3 is 2.51 bits per heavy atom. The van der Waals surface area contributed by atoms with Gasteiger partial charge in [0, 0.05) is 28.5 Å². The van der Waals surface area contributed by atoms with Crippen LogP contribution in [0, 0.1) is 23.7 Å². The van der Waals surface area contributed by atoms with Crippen molar-refractivity contribution in [1.82, 2.24) is 10.3 Å². The lowest BCUT2D eigenvalue weighted by Gasteiger charge is -2.44. The van der Waals surface area contributed by atoms with Crippen LogP contribution in [0.15, 0.2) is 60.8 Å². The van der Waals surface area contributed by atoms with Gasteiger partial charge in [-0.1, -0.05) is 70.5 Å². The van der Waals surface area contributed by atoms with Crippen LogP contribution in [0.1, 0.15) is 75.8 Å². The fourth-order valence-corrected chi connectivity index (χ4v) is 6.37. The number of aromatic nitrogens is 1. The van der Waals surface area contributed by atoms with Crippen molar-refractivity contribution in [2.75, 3.05) is 16.4 Å². The van der Waals surface area contributed by atoms with Crippen LogP contribution in [0.2, 0.25) is 5.02 Å². The maximum atomic E-state index is 14.9. The van der Waals surface area contributed by atoms with Crippen LogP contribution in [0.3, 0.4) is 0 Å². The topological polar surface area (TPSA) is 116 Å². The molecule has 2 atom stereocenters. The minimum atomic E-state index is -1.17. The quantitative estimate of drug-likeness (QED) is 0.315. The Kier molecular flexibility index (Phi) is 8.65. The van der Waals surface area contributed by atoms with Crippen LogP contribution in [0.4, 0.5) is 16.3 Å². The molecule has 9 nitrogen and oxygen atoms in total. The fraction of sp³-hybridized carbons (Fsp3) is 0.400. The summed E-state index contributed by atoms with van der Waals surface area (Å²) in [6, 6.07) is 15.4. The lowest BCUT2D eigenvalue weighted by Crippen LogP contribution is -2.55. The van der Waals surface area contributed by atoms with Gasteiger partial charge in [-0.2, -0.15) is 5.26 Å². The van der Waals surface area contributed by atoms with E-state index in [0.29, 0.717) is 16.3 Å². The third-order valence-electron chi connectivity index (χ3n) is 8.37. The first-order valence-corrected chi connectivity index (χ1v) is 15.4. The molecule has 5 rings (SSSR count). The van der Waals surface area contributed by atoms with Crippen LogP contribution in [0.25, 0.3) is 0 Å². The third-order valence-corrected chi connectivity index (χ3v) is 8.72. The maximum absolute atomic E-state index is 14.9. The summed E-state index contributed by atoms with van der Waals surface area (Å²) in [5.74, 6) is -0.827. The molecule has 10 heteroatoms. The van der Waals surface area contributed by atoms with Crippen molar-refractivity contribution in [2.45, 2.75) is 77.9 Å². The van der Waals surface area contributed by atoms with Crippen LogP contribution in [-0.2, 0) is 19.7 Å². The Bertz CT molecular complexity index is 1680. The monoisotopic (exact) mass is 627 g/mol. The molecule has 2 aromatic carbocycles. The maximum Gasteiger partial charge on any atom is 0.416 e. The van der Waals surface area contributed by atoms with Gasteiger partial charge in [-0.15, -0.1) is 0 Å². The molecule has 3 amide bonds. The number of aryl methyl sites for hydroxylation is 1. The molecule has 1 aromatic heterocycles. The first-order chi connectivity index (χ1) is 21.2. The molecule has 1 unspecified atom stereocenters. The number of cyclic esters (lactones) is 1. The minimum Gasteiger partial charge on any atom is -0.446 e. The lowest BCUT2D eigenvalue weighted by molar-refractivity contribution is -0.128. The van der Waals surface area contributed by atoms with Gasteiger partial charge in [0.1, 0.15) is 18.5 Å². The molecule has 2 aliphatic rings. The standard InChI is InChI=1S/C35H38ClN5O4/c1-21-13-23(34(2,3)4)16-25(14-21)40(32(43)28-20-45-33(44)41(28)29-15-22(19-37)11-12-38-29)30(26-9-7-8-10-27(26)36)31(42)39-24-17-35(5,6)18-24/h7-16,24,28,30H,17-18,20H2,1-6H3,(H,39,42)/t28-,30?/m0/s1. The summed E-state index contributed by atoms with van der Waals surface area (Å²) in [6.45, 7) is 12.2. The predicted octanol–water partition coefficient (Wildman–Crippen LogP) is 6.62. The van der Waals surface area contributed by atoms with Crippen LogP contribution < -0.4 is 15.1 Å². The number of ether oxygens (including phenoxy) is 1. The van der Waals surface area contributed by atoms with Gasteiger partial charge in [0.05, 0.1) is 11.6 Å². The molecule has 1 aliphatic heterocycles. The lowest BCUT2D eigenvalue weighted by atomic mass is 9.68. The van der Waals surface area contributed by atoms with E-state index in [1.807, 2.05) is 25.1 Å². The molecule has 3 aromatic rings. The smallest absolute Gasteiger partial charge is 0.416 e. The van der Waals surface area contributed by atoms with Crippen molar-refractivity contribution in [3.05, 3.63) is 88.1 Å². The molecule has 0 radical (unpaired) electrons. The molecular weight excluding hydrogens is 590 g/mol. The van der Waals surface area contributed by atoms with Crippen molar-refractivity contribution in [3.8, 4) is 6.07 Å². The summed E-state index contributed by atoms with van der Waals surface area (Å²) < 4.78 is 5.39. The number of hydrogen-bond acceptors (Lipinski definition) is 6. The van der Waals surface area contributed by atoms with Crippen molar-refractivity contribution >= 4 is 41.0 Å². The number of nitrogens with zero attached hydrogens (tertiary/aromatic N) is 4. The summed E-state index contributed by atoms with van der Waals surface area (Å²) in [6.07, 6.45) is 2.24. The Hall–Kier alpha value is -4.42. The van der Waals surface area contributed by atoms with Crippen molar-refractivity contribution in [2.24, 2.45) is 5.41 Å². The molecule has 1 saturated heterocycles. The molecule has 0 bridgehead atoms. The van der Waals surface area contributed by atoms with Gasteiger partial charge < -0.3 is 10.1 Å². The molecule has 0 spiro atoms. The second-order valence-electron chi connectivity index (χ2n) is 13.7. The van der Waals surface area contributed by atoms with Gasteiger partial charge in [0.2, 0.25) is 5.91 Å². The van der Waals surface area contributed by atoms with E-state index in [-0.39, 0.29) is 40.8 Å². The van der Waals surface area contributed by atoms with Crippen LogP contribution in [-0.4, -0.2) is 41.6 Å². The van der Waals surface area contributed by atoms with E-state index in [1.165, 1.54) is 23.2 Å². The highest BCUT2D eigenvalue weighted by molar-refractivity contribution is 6.31. The highest BCUT2D eigenvalue weighted by Crippen LogP contribution is 2.41. The van der Waals surface area contributed by atoms with E-state index >= 15 is 0 Å². The molecule has 45 heavy (non-hydrogen) atoms. The summed E-state index contributed by atoms with van der Waals surface area (Å²) in [5, 5.41) is 13.0. The van der Waals surface area contributed by atoms with Gasteiger partial charge in [0.15, 0.2) is 6.04 Å². The first kappa shape index (κ1) is 32.0. The number of rotatable bonds is 7. The van der Waals surface area contributed by atoms with E-state index in [1.54, 1.807) is 24.3 Å². The second-order valence-corrected chi connectivity index (χ2v) is 14.1. The SMILES string of the molecule is Cc1cc(N(C(=O)[C@@H]2COC(=O)N2c2cc(C#N)ccn2)C(C(=O)NC2CC(C)(C)C2)c2ccccc2Cl)cc(C(C)(C)C)c1. The third kappa shape index (κ3) is 6.66. The summed E-state index contributed by atoms with van der Waals surface area (Å²) in [4.78, 5) is 49.3. The van der Waals surface area contributed by atoms with Crippen LogP contribution >= 0.6 is 11.6 Å². The normalized spacial score (nSPS) is 18.4. The Balaban J connectivity index is 1.68. The molecule has 2 heterocycles. The molecule has 1 saturated carbocycles. The Labute approximate surface area is 269 Å². The van der Waals surface area contributed by atoms with E-state index in [2.05, 4.69) is 51.0 Å². The first-order valence-electron chi connectivity index (χ1n) is 15.0. The average molecular weight is 628 g/mol. The number of pyridine rings is 1. The average Bonchev–Trinajstić information content (AvgIpc) is 3.35. The van der Waals surface area contributed by atoms with Gasteiger partial charge in [-0.3, -0.25) is 14.5 Å². The number of nitriles is 1. The number of carbonyl (C=O) groups is 3. The van der Waals surface area contributed by atoms with Gasteiger partial charge in [-0.05, 0) is 72.1 Å². The number of hydrogen-bond donors (Lipinski definition) is 1. The molecule has 1 aliphatic carbocycles. The van der Waals surface area contributed by atoms with E-state index in [4.69, 9.17) is 16.3 Å². The number of amides is 3. The highest BCUT2D eigenvalue weighted by Gasteiger charge is 2.47. The van der Waals surface area contributed by atoms with Crippen molar-refractivity contribution in [3.63, 3.8) is 0 Å². The summed E-state index contributed by atoms with van der Waals surface area (Å²) in [5.41, 5.74) is 2.91. The highest BCUT2D eigenvalue weighted by atomic mass is 35.5. The van der Waals surface area contributed by atoms with Crippen molar-refractivity contribution in [1.29, 1.82) is 5.26 Å². The molecule has 2 fully saturated rings. The summed E-state index contributed by atoms with van der Waals surface area (Å²) >= 11 is 6.76. The van der Waals surface area contributed by atoms with Gasteiger partial charge >= 0.3 is 6.09 Å². The zero-order valence-corrected chi connectivity index (χ0v) is 27.2. The number of nitrogens with one attached hydrogen (secondary N) is 1. The summed E-state index contributed by atoms with van der Waals surface area (Å²) in [7, 11) is 0. The van der Waals surface area contributed by atoms with Crippen molar-refractivity contribution < 1.29 is 19.1 Å². The zero-order chi connectivity index (χ0) is 32.7. The van der Waals surface area contributed by atoms with E-state index in [9.17, 15) is 19.6 Å². The largest absolute Gasteiger partial charge is 0.446 e. The number of halogens is 1.